The fourth-order valence-electron chi connectivity index (χ4n) is 3.76. The summed E-state index contributed by atoms with van der Waals surface area (Å²) in [4.78, 5) is 23.6. The van der Waals surface area contributed by atoms with Crippen molar-refractivity contribution in [3.8, 4) is 0 Å². The highest BCUT2D eigenvalue weighted by Crippen LogP contribution is 2.27. The third kappa shape index (κ3) is 3.20. The molecule has 0 spiro atoms. The second-order valence-corrected chi connectivity index (χ2v) is 7.17. The summed E-state index contributed by atoms with van der Waals surface area (Å²) in [6.45, 7) is 5.20. The first-order valence-electron chi connectivity index (χ1n) is 9.62. The highest BCUT2D eigenvalue weighted by atomic mass is 19.1. The molecule has 152 valence electrons. The topological polar surface area (TPSA) is 100 Å². The van der Waals surface area contributed by atoms with Gasteiger partial charge < -0.3 is 19.9 Å². The van der Waals surface area contributed by atoms with Gasteiger partial charge in [0.05, 0.1) is 22.6 Å². The third-order valence-corrected chi connectivity index (χ3v) is 5.11. The van der Waals surface area contributed by atoms with Crippen molar-refractivity contribution in [3.05, 3.63) is 54.0 Å². The van der Waals surface area contributed by atoms with Gasteiger partial charge in [-0.2, -0.15) is 0 Å². The molecule has 0 radical (unpaired) electrons. The molecule has 1 saturated heterocycles. The number of amides is 1. The Labute approximate surface area is 171 Å². The summed E-state index contributed by atoms with van der Waals surface area (Å²) in [6, 6.07) is 4.84. The van der Waals surface area contributed by atoms with E-state index in [2.05, 4.69) is 35.7 Å². The van der Waals surface area contributed by atoms with Gasteiger partial charge in [-0.3, -0.25) is 4.79 Å². The van der Waals surface area contributed by atoms with Gasteiger partial charge in [-0.15, -0.1) is 10.2 Å². The molecule has 4 aromatic rings. The summed E-state index contributed by atoms with van der Waals surface area (Å²) >= 11 is 0. The molecular formula is C20H19FN8O. The minimum absolute atomic E-state index is 0.216. The van der Waals surface area contributed by atoms with Crippen LogP contribution in [0.25, 0.3) is 16.7 Å². The maximum atomic E-state index is 14.3. The summed E-state index contributed by atoms with van der Waals surface area (Å²) in [5.41, 5.74) is 3.50. The molecule has 1 aliphatic rings. The predicted octanol–water partition coefficient (Wildman–Crippen LogP) is 1.78. The molecule has 3 aromatic heterocycles. The lowest BCUT2D eigenvalue weighted by Gasteiger charge is -2.29. The molecule has 1 aromatic carbocycles. The number of hydrogen-bond donors (Lipinski definition) is 2. The average molecular weight is 406 g/mol. The van der Waals surface area contributed by atoms with E-state index in [4.69, 9.17) is 0 Å². The van der Waals surface area contributed by atoms with Crippen LogP contribution < -0.4 is 15.5 Å². The number of benzene rings is 1. The number of carbonyl (C=O) groups excluding carboxylic acids is 1. The molecule has 0 bridgehead atoms. The minimum atomic E-state index is -0.510. The van der Waals surface area contributed by atoms with Crippen molar-refractivity contribution in [3.63, 3.8) is 0 Å². The van der Waals surface area contributed by atoms with Gasteiger partial charge in [-0.25, -0.2) is 14.4 Å². The van der Waals surface area contributed by atoms with Crippen LogP contribution in [0.5, 0.6) is 0 Å². The Morgan fingerprint density at radius 2 is 2.03 bits per heavy atom. The molecular weight excluding hydrogens is 387 g/mol. The van der Waals surface area contributed by atoms with E-state index in [9.17, 15) is 9.18 Å². The maximum absolute atomic E-state index is 14.3. The van der Waals surface area contributed by atoms with E-state index in [1.165, 1.54) is 12.4 Å². The lowest BCUT2D eigenvalue weighted by atomic mass is 10.1. The highest BCUT2D eigenvalue weighted by molar-refractivity contribution is 6.13. The van der Waals surface area contributed by atoms with Gasteiger partial charge in [0, 0.05) is 44.6 Å². The number of halogens is 1. The van der Waals surface area contributed by atoms with Crippen LogP contribution >= 0.6 is 0 Å². The number of nitrogens with zero attached hydrogens (tertiary/aromatic N) is 6. The number of imidazole rings is 1. The fraction of sp³-hybridized carbons (Fsp3) is 0.250. The van der Waals surface area contributed by atoms with Crippen LogP contribution in [0.1, 0.15) is 16.1 Å². The zero-order valence-corrected chi connectivity index (χ0v) is 16.3. The molecule has 30 heavy (non-hydrogen) atoms. The molecule has 0 unspecified atom stereocenters. The molecule has 0 aliphatic carbocycles. The Kier molecular flexibility index (Phi) is 4.47. The van der Waals surface area contributed by atoms with Crippen molar-refractivity contribution in [2.24, 2.45) is 0 Å². The van der Waals surface area contributed by atoms with Crippen molar-refractivity contribution in [1.29, 1.82) is 0 Å². The van der Waals surface area contributed by atoms with E-state index in [1.54, 1.807) is 29.8 Å². The zero-order chi connectivity index (χ0) is 20.7. The van der Waals surface area contributed by atoms with Crippen LogP contribution in [0.15, 0.2) is 36.9 Å². The van der Waals surface area contributed by atoms with E-state index in [0.29, 0.717) is 28.0 Å². The molecule has 5 rings (SSSR count). The van der Waals surface area contributed by atoms with Gasteiger partial charge in [0.15, 0.2) is 11.5 Å². The number of rotatable bonds is 3. The zero-order valence-electron chi connectivity index (χ0n) is 16.3. The SMILES string of the molecule is Cc1cn2cc(NC(=O)c3ccc(N4CCNCC4)c4nncnc34)cc(F)c2n1. The molecule has 4 heterocycles. The van der Waals surface area contributed by atoms with Crippen LogP contribution in [-0.2, 0) is 0 Å². The molecule has 2 N–H and O–H groups in total. The number of aromatic nitrogens is 5. The molecule has 0 saturated carbocycles. The Morgan fingerprint density at radius 1 is 1.20 bits per heavy atom. The van der Waals surface area contributed by atoms with Crippen LogP contribution in [0, 0.1) is 12.7 Å². The average Bonchev–Trinajstić information content (AvgIpc) is 3.14. The Hall–Kier alpha value is -3.66. The van der Waals surface area contributed by atoms with E-state index in [-0.39, 0.29) is 5.65 Å². The lowest BCUT2D eigenvalue weighted by molar-refractivity contribution is 0.102. The van der Waals surface area contributed by atoms with E-state index < -0.39 is 11.7 Å². The Morgan fingerprint density at radius 3 is 2.87 bits per heavy atom. The monoisotopic (exact) mass is 406 g/mol. The summed E-state index contributed by atoms with van der Waals surface area (Å²) in [7, 11) is 0. The summed E-state index contributed by atoms with van der Waals surface area (Å²) in [6.07, 6.45) is 4.64. The Bertz CT molecular complexity index is 1260. The lowest BCUT2D eigenvalue weighted by Crippen LogP contribution is -2.43. The third-order valence-electron chi connectivity index (χ3n) is 5.11. The van der Waals surface area contributed by atoms with Crippen molar-refractivity contribution < 1.29 is 9.18 Å². The summed E-state index contributed by atoms with van der Waals surface area (Å²) in [5.74, 6) is -0.910. The number of fused-ring (bicyclic) bond motifs is 2. The highest BCUT2D eigenvalue weighted by Gasteiger charge is 2.20. The second-order valence-electron chi connectivity index (χ2n) is 7.17. The smallest absolute Gasteiger partial charge is 0.257 e. The van der Waals surface area contributed by atoms with Gasteiger partial charge >= 0.3 is 0 Å². The van der Waals surface area contributed by atoms with Crippen LogP contribution in [0.4, 0.5) is 15.8 Å². The summed E-state index contributed by atoms with van der Waals surface area (Å²) in [5, 5.41) is 14.2. The summed E-state index contributed by atoms with van der Waals surface area (Å²) < 4.78 is 15.9. The van der Waals surface area contributed by atoms with Gasteiger partial charge in [-0.05, 0) is 19.1 Å². The van der Waals surface area contributed by atoms with Gasteiger partial charge in [-0.1, -0.05) is 0 Å². The van der Waals surface area contributed by atoms with Crippen LogP contribution in [-0.4, -0.2) is 56.7 Å². The molecule has 0 atom stereocenters. The first-order valence-corrected chi connectivity index (χ1v) is 9.62. The minimum Gasteiger partial charge on any atom is -0.367 e. The van der Waals surface area contributed by atoms with Crippen molar-refractivity contribution in [1.82, 2.24) is 29.9 Å². The Balaban J connectivity index is 1.51. The molecule has 1 amide bonds. The molecule has 1 fully saturated rings. The standard InChI is InChI=1S/C20H19FN8O/c1-12-9-29-10-13(8-15(21)19(29)25-12)26-20(30)14-2-3-16(28-6-4-22-5-7-28)18-17(14)23-11-24-27-18/h2-3,8-11,22H,4-7H2,1H3,(H,26,30). The predicted molar refractivity (Wildman–Crippen MR) is 110 cm³/mol. The van der Waals surface area contributed by atoms with E-state index >= 15 is 0 Å². The normalized spacial score (nSPS) is 14.4. The number of carbonyl (C=O) groups is 1. The quantitative estimate of drug-likeness (QED) is 0.535. The van der Waals surface area contributed by atoms with E-state index in [0.717, 1.165) is 31.9 Å². The first-order chi connectivity index (χ1) is 14.6. The number of anilines is 2. The number of piperazine rings is 1. The van der Waals surface area contributed by atoms with Gasteiger partial charge in [0.25, 0.3) is 5.91 Å². The van der Waals surface area contributed by atoms with Crippen molar-refractivity contribution in [2.75, 3.05) is 36.4 Å². The van der Waals surface area contributed by atoms with Crippen molar-refractivity contribution >= 4 is 34.0 Å². The number of aryl methyl sites for hydroxylation is 1. The number of nitrogens with one attached hydrogen (secondary N) is 2. The van der Waals surface area contributed by atoms with Crippen LogP contribution in [0.2, 0.25) is 0 Å². The second kappa shape index (κ2) is 7.30. The maximum Gasteiger partial charge on any atom is 0.257 e. The number of hydrogen-bond acceptors (Lipinski definition) is 7. The fourth-order valence-corrected chi connectivity index (χ4v) is 3.76. The largest absolute Gasteiger partial charge is 0.367 e. The molecule has 1 aliphatic heterocycles. The van der Waals surface area contributed by atoms with Gasteiger partial charge in [0.1, 0.15) is 17.4 Å². The first kappa shape index (κ1) is 18.4. The van der Waals surface area contributed by atoms with Crippen LogP contribution in [0.3, 0.4) is 0 Å². The molecule has 9 nitrogen and oxygen atoms in total. The van der Waals surface area contributed by atoms with Crippen molar-refractivity contribution in [2.45, 2.75) is 6.92 Å². The number of pyridine rings is 1. The van der Waals surface area contributed by atoms with Gasteiger partial charge in [0.2, 0.25) is 0 Å². The van der Waals surface area contributed by atoms with E-state index in [1.807, 2.05) is 6.07 Å². The molecule has 10 heteroatoms.